The lowest BCUT2D eigenvalue weighted by Gasteiger charge is -2.34. The number of likely N-dealkylation sites (tertiary alicyclic amines) is 1. The predicted octanol–water partition coefficient (Wildman–Crippen LogP) is 3.56. The minimum Gasteiger partial charge on any atom is -0.310 e. The fraction of sp³-hybridized carbons (Fsp3) is 0.929. The van der Waals surface area contributed by atoms with E-state index < -0.39 is 0 Å². The van der Waals surface area contributed by atoms with Gasteiger partial charge in [0.25, 0.3) is 0 Å². The van der Waals surface area contributed by atoms with Crippen molar-refractivity contribution < 1.29 is 0 Å². The van der Waals surface area contributed by atoms with E-state index in [2.05, 4.69) is 32.6 Å². The SMILES string of the molecule is CC(C)CC(=N)CC1CCN(C(C)C)CC1. The van der Waals surface area contributed by atoms with Gasteiger partial charge in [0, 0.05) is 11.8 Å². The van der Waals surface area contributed by atoms with Crippen LogP contribution in [0.5, 0.6) is 0 Å². The summed E-state index contributed by atoms with van der Waals surface area (Å²) in [5.41, 5.74) is 0.970. The van der Waals surface area contributed by atoms with Gasteiger partial charge in [-0.1, -0.05) is 13.8 Å². The second-order valence-corrected chi connectivity index (χ2v) is 5.98. The first-order chi connectivity index (χ1) is 7.49. The van der Waals surface area contributed by atoms with Crippen LogP contribution in [0.3, 0.4) is 0 Å². The molecule has 1 saturated heterocycles. The first-order valence-electron chi connectivity index (χ1n) is 6.79. The van der Waals surface area contributed by atoms with Crippen LogP contribution in [0, 0.1) is 17.2 Å². The quantitative estimate of drug-likeness (QED) is 0.710. The predicted molar refractivity (Wildman–Crippen MR) is 71.2 cm³/mol. The molecule has 0 saturated carbocycles. The molecule has 0 spiro atoms. The maximum atomic E-state index is 7.98. The Morgan fingerprint density at radius 2 is 1.75 bits per heavy atom. The molecule has 2 heteroatoms. The second-order valence-electron chi connectivity index (χ2n) is 5.98. The van der Waals surface area contributed by atoms with Gasteiger partial charge in [-0.25, -0.2) is 0 Å². The minimum absolute atomic E-state index is 0.642. The summed E-state index contributed by atoms with van der Waals surface area (Å²) in [6, 6.07) is 0.691. The van der Waals surface area contributed by atoms with Crippen LogP contribution in [0.15, 0.2) is 0 Å². The maximum Gasteiger partial charge on any atom is 0.00944 e. The number of hydrogen-bond donors (Lipinski definition) is 1. The van der Waals surface area contributed by atoms with Crippen LogP contribution >= 0.6 is 0 Å². The molecule has 0 aromatic rings. The summed E-state index contributed by atoms with van der Waals surface area (Å²) < 4.78 is 0. The van der Waals surface area contributed by atoms with Gasteiger partial charge in [-0.2, -0.15) is 0 Å². The van der Waals surface area contributed by atoms with Crippen molar-refractivity contribution in [3.63, 3.8) is 0 Å². The largest absolute Gasteiger partial charge is 0.310 e. The van der Waals surface area contributed by atoms with Crippen LogP contribution in [-0.2, 0) is 0 Å². The molecule has 16 heavy (non-hydrogen) atoms. The molecule has 0 bridgehead atoms. The van der Waals surface area contributed by atoms with Gasteiger partial charge in [0.05, 0.1) is 0 Å². The van der Waals surface area contributed by atoms with Crippen molar-refractivity contribution in [2.75, 3.05) is 13.1 Å². The number of rotatable bonds is 5. The van der Waals surface area contributed by atoms with Gasteiger partial charge in [0.15, 0.2) is 0 Å². The van der Waals surface area contributed by atoms with Crippen LogP contribution in [0.2, 0.25) is 0 Å². The normalized spacial score (nSPS) is 19.6. The molecular formula is C14H28N2. The number of piperidine rings is 1. The molecule has 1 aliphatic rings. The molecule has 0 amide bonds. The standard InChI is InChI=1S/C14H28N2/c1-11(2)9-14(15)10-13-5-7-16(8-6-13)12(3)4/h11-13,15H,5-10H2,1-4H3. The molecule has 0 radical (unpaired) electrons. The summed E-state index contributed by atoms with van der Waals surface area (Å²) in [4.78, 5) is 2.56. The van der Waals surface area contributed by atoms with E-state index in [1.54, 1.807) is 0 Å². The van der Waals surface area contributed by atoms with Crippen LogP contribution < -0.4 is 0 Å². The second kappa shape index (κ2) is 6.39. The van der Waals surface area contributed by atoms with Gasteiger partial charge >= 0.3 is 0 Å². The van der Waals surface area contributed by atoms with Gasteiger partial charge in [0.1, 0.15) is 0 Å². The highest BCUT2D eigenvalue weighted by Gasteiger charge is 2.21. The summed E-state index contributed by atoms with van der Waals surface area (Å²) in [6.45, 7) is 11.4. The molecule has 1 N–H and O–H groups in total. The Morgan fingerprint density at radius 3 is 2.19 bits per heavy atom. The van der Waals surface area contributed by atoms with Crippen molar-refractivity contribution in [1.82, 2.24) is 4.90 Å². The molecule has 1 aliphatic heterocycles. The van der Waals surface area contributed by atoms with Crippen LogP contribution in [-0.4, -0.2) is 29.7 Å². The van der Waals surface area contributed by atoms with Crippen LogP contribution in [0.1, 0.15) is 53.4 Å². The van der Waals surface area contributed by atoms with Crippen LogP contribution in [0.4, 0.5) is 0 Å². The van der Waals surface area contributed by atoms with E-state index in [1.807, 2.05) is 0 Å². The number of nitrogens with one attached hydrogen (secondary N) is 1. The highest BCUT2D eigenvalue weighted by molar-refractivity contribution is 5.81. The topological polar surface area (TPSA) is 27.1 Å². The fourth-order valence-corrected chi connectivity index (χ4v) is 2.60. The lowest BCUT2D eigenvalue weighted by molar-refractivity contribution is 0.151. The van der Waals surface area contributed by atoms with Crippen molar-refractivity contribution in [2.24, 2.45) is 11.8 Å². The van der Waals surface area contributed by atoms with E-state index in [0.717, 1.165) is 24.5 Å². The molecule has 1 fully saturated rings. The maximum absolute atomic E-state index is 7.98. The van der Waals surface area contributed by atoms with Crippen molar-refractivity contribution in [1.29, 1.82) is 5.41 Å². The van der Waals surface area contributed by atoms with E-state index in [1.165, 1.54) is 25.9 Å². The Bertz CT molecular complexity index is 213. The van der Waals surface area contributed by atoms with Gasteiger partial charge < -0.3 is 10.3 Å². The van der Waals surface area contributed by atoms with Crippen LogP contribution in [0.25, 0.3) is 0 Å². The zero-order chi connectivity index (χ0) is 12.1. The van der Waals surface area contributed by atoms with Crippen molar-refractivity contribution in [3.8, 4) is 0 Å². The smallest absolute Gasteiger partial charge is 0.00944 e. The third-order valence-electron chi connectivity index (χ3n) is 3.57. The molecule has 0 atom stereocenters. The van der Waals surface area contributed by atoms with E-state index in [-0.39, 0.29) is 0 Å². The number of hydrogen-bond acceptors (Lipinski definition) is 2. The van der Waals surface area contributed by atoms with Crippen molar-refractivity contribution in [3.05, 3.63) is 0 Å². The summed E-state index contributed by atoms with van der Waals surface area (Å²) in [5, 5.41) is 7.98. The molecular weight excluding hydrogens is 196 g/mol. The minimum atomic E-state index is 0.642. The highest BCUT2D eigenvalue weighted by atomic mass is 15.1. The lowest BCUT2D eigenvalue weighted by atomic mass is 9.89. The summed E-state index contributed by atoms with van der Waals surface area (Å²) in [6.07, 6.45) is 4.62. The Kier molecular flexibility index (Phi) is 5.47. The van der Waals surface area contributed by atoms with Gasteiger partial charge in [-0.05, 0) is 64.5 Å². The zero-order valence-electron chi connectivity index (χ0n) is 11.4. The Balaban J connectivity index is 2.24. The van der Waals surface area contributed by atoms with E-state index >= 15 is 0 Å². The van der Waals surface area contributed by atoms with E-state index in [0.29, 0.717) is 12.0 Å². The van der Waals surface area contributed by atoms with E-state index in [9.17, 15) is 0 Å². The first kappa shape index (κ1) is 13.7. The fourth-order valence-electron chi connectivity index (χ4n) is 2.60. The Labute approximate surface area is 101 Å². The molecule has 0 aromatic carbocycles. The van der Waals surface area contributed by atoms with Gasteiger partial charge in [0.2, 0.25) is 0 Å². The Morgan fingerprint density at radius 1 is 1.19 bits per heavy atom. The molecule has 94 valence electrons. The van der Waals surface area contributed by atoms with Crippen molar-refractivity contribution >= 4 is 5.71 Å². The van der Waals surface area contributed by atoms with Gasteiger partial charge in [-0.3, -0.25) is 0 Å². The summed E-state index contributed by atoms with van der Waals surface area (Å²) >= 11 is 0. The zero-order valence-corrected chi connectivity index (χ0v) is 11.4. The molecule has 1 heterocycles. The molecule has 0 aromatic heterocycles. The molecule has 0 aliphatic carbocycles. The van der Waals surface area contributed by atoms with Gasteiger partial charge in [-0.15, -0.1) is 0 Å². The number of nitrogens with zero attached hydrogens (tertiary/aromatic N) is 1. The monoisotopic (exact) mass is 224 g/mol. The third kappa shape index (κ3) is 4.65. The lowest BCUT2D eigenvalue weighted by Crippen LogP contribution is -2.38. The Hall–Kier alpha value is -0.370. The average molecular weight is 224 g/mol. The molecule has 2 nitrogen and oxygen atoms in total. The molecule has 0 unspecified atom stereocenters. The third-order valence-corrected chi connectivity index (χ3v) is 3.57. The van der Waals surface area contributed by atoms with Crippen molar-refractivity contribution in [2.45, 2.75) is 59.4 Å². The van der Waals surface area contributed by atoms with E-state index in [4.69, 9.17) is 5.41 Å². The summed E-state index contributed by atoms with van der Waals surface area (Å²) in [5.74, 6) is 1.42. The molecule has 1 rings (SSSR count). The summed E-state index contributed by atoms with van der Waals surface area (Å²) in [7, 11) is 0. The average Bonchev–Trinajstić information content (AvgIpc) is 2.16. The highest BCUT2D eigenvalue weighted by Crippen LogP contribution is 2.23. The first-order valence-corrected chi connectivity index (χ1v) is 6.79.